The van der Waals surface area contributed by atoms with E-state index in [1.54, 1.807) is 73.9 Å². The fourth-order valence-electron chi connectivity index (χ4n) is 6.94. The molecule has 0 aromatic carbocycles. The smallest absolute Gasteiger partial charge is 0.423 e. The van der Waals surface area contributed by atoms with Crippen LogP contribution in [0.3, 0.4) is 0 Å². The molecule has 22 nitrogen and oxygen atoms in total. The Morgan fingerprint density at radius 2 is 1.23 bits per heavy atom. The predicted octanol–water partition coefficient (Wildman–Crippen LogP) is 0.910. The Balaban J connectivity index is 0.000000182. The number of piperidine rings is 2. The zero-order valence-corrected chi connectivity index (χ0v) is 37.8. The second-order valence-corrected chi connectivity index (χ2v) is 17.4. The first-order valence-electron chi connectivity index (χ1n) is 19.7. The van der Waals surface area contributed by atoms with E-state index in [9.17, 15) is 19.2 Å². The number of aromatic amines is 2. The molecule has 0 saturated carbocycles. The molecule has 6 aromatic rings. The lowest BCUT2D eigenvalue weighted by Crippen LogP contribution is -2.59. The van der Waals surface area contributed by atoms with Gasteiger partial charge in [0.25, 0.3) is 11.8 Å². The van der Waals surface area contributed by atoms with Crippen molar-refractivity contribution < 1.29 is 29.2 Å². The average Bonchev–Trinajstić information content (AvgIpc) is 4.16. The number of amides is 4. The van der Waals surface area contributed by atoms with Gasteiger partial charge in [0.05, 0.1) is 17.6 Å². The fourth-order valence-corrected chi connectivity index (χ4v) is 8.71. The maximum absolute atomic E-state index is 12.8. The summed E-state index contributed by atoms with van der Waals surface area (Å²) in [6.45, 7) is 2.38. The standard InChI is InChI=1S/C19H22N8O2S.C16H19BrN6O2S.C3H5BN2O2/c1-21-19(18(20)29)4-7-27(8-5-19)15-13(3-2-6-22-15)25-16(28)14-11-30-17(26-14)12-9-23-24-10-12;1-19-16(14(18)25)4-7-23(8-5-16)12-10(3-2-6-20-12)21-13(24)11-9-26-15(17)22-11;7-4(8)3-1-5-6-2-3/h2-3,6,9-11,21H,4-5,7-8H2,1H3,(H2,20,29)(H,23,24)(H,25,28);2-3,6,9,19H,4-5,7-8H2,1H3,(H2,18,25)(H,21,24);1-2,7-8H,(H,5,6). The number of anilines is 4. The molecule has 0 bridgehead atoms. The van der Waals surface area contributed by atoms with Crippen LogP contribution in [0.5, 0.6) is 0 Å². The van der Waals surface area contributed by atoms with Gasteiger partial charge in [-0.15, -0.1) is 22.7 Å². The third-order valence-electron chi connectivity index (χ3n) is 10.8. The summed E-state index contributed by atoms with van der Waals surface area (Å²) in [6.07, 6.45) is 11.8. The second-order valence-electron chi connectivity index (χ2n) is 14.4. The van der Waals surface area contributed by atoms with E-state index < -0.39 is 18.2 Å². The van der Waals surface area contributed by atoms with Gasteiger partial charge in [-0.1, -0.05) is 0 Å². The summed E-state index contributed by atoms with van der Waals surface area (Å²) in [6, 6.07) is 7.14. The van der Waals surface area contributed by atoms with Gasteiger partial charge < -0.3 is 52.6 Å². The van der Waals surface area contributed by atoms with Crippen molar-refractivity contribution in [2.45, 2.75) is 36.8 Å². The first kappa shape index (κ1) is 47.3. The van der Waals surface area contributed by atoms with Crippen LogP contribution in [0.15, 0.2) is 76.1 Å². The summed E-state index contributed by atoms with van der Waals surface area (Å²) in [4.78, 5) is 70.3. The van der Waals surface area contributed by atoms with Gasteiger partial charge in [0.15, 0.2) is 15.6 Å². The summed E-state index contributed by atoms with van der Waals surface area (Å²) in [5.74, 6) is 0.0305. The minimum Gasteiger partial charge on any atom is -0.423 e. The van der Waals surface area contributed by atoms with Crippen LogP contribution in [-0.4, -0.2) is 132 Å². The number of likely N-dealkylation sites (N-methyl/N-ethyl adjacent to an activating group) is 2. The van der Waals surface area contributed by atoms with Crippen molar-refractivity contribution in [2.24, 2.45) is 11.5 Å². The molecule has 2 fully saturated rings. The van der Waals surface area contributed by atoms with Crippen molar-refractivity contribution in [3.05, 3.63) is 87.5 Å². The molecule has 0 spiro atoms. The average molecular weight is 978 g/mol. The maximum Gasteiger partial charge on any atom is 0.491 e. The molecule has 12 N–H and O–H groups in total. The number of carbonyl (C=O) groups is 4. The van der Waals surface area contributed by atoms with Crippen molar-refractivity contribution in [3.8, 4) is 10.6 Å². The fraction of sp³-hybridized carbons (Fsp3) is 0.316. The van der Waals surface area contributed by atoms with Gasteiger partial charge in [-0.2, -0.15) is 10.2 Å². The molecule has 0 radical (unpaired) electrons. The molecule has 0 unspecified atom stereocenters. The van der Waals surface area contributed by atoms with Crippen LogP contribution in [0.25, 0.3) is 10.6 Å². The van der Waals surface area contributed by atoms with Gasteiger partial charge in [-0.05, 0) is 80.0 Å². The van der Waals surface area contributed by atoms with E-state index in [0.29, 0.717) is 101 Å². The minimum atomic E-state index is -1.41. The number of hydrogen-bond acceptors (Lipinski definition) is 18. The van der Waals surface area contributed by atoms with Crippen molar-refractivity contribution in [2.75, 3.05) is 60.7 Å². The Bertz CT molecular complexity index is 2490. The number of aromatic nitrogens is 8. The van der Waals surface area contributed by atoms with Crippen molar-refractivity contribution >= 4 is 97.8 Å². The van der Waals surface area contributed by atoms with E-state index >= 15 is 0 Å². The summed E-state index contributed by atoms with van der Waals surface area (Å²) in [5.41, 5.74) is 12.8. The molecule has 64 heavy (non-hydrogen) atoms. The highest BCUT2D eigenvalue weighted by Gasteiger charge is 2.40. The monoisotopic (exact) mass is 976 g/mol. The maximum atomic E-state index is 12.8. The lowest BCUT2D eigenvalue weighted by Gasteiger charge is -2.40. The number of rotatable bonds is 12. The van der Waals surface area contributed by atoms with Crippen molar-refractivity contribution in [1.82, 2.24) is 51.0 Å². The van der Waals surface area contributed by atoms with E-state index in [1.807, 2.05) is 9.80 Å². The molecule has 2 aliphatic heterocycles. The van der Waals surface area contributed by atoms with Gasteiger partial charge >= 0.3 is 7.12 Å². The number of hydrogen-bond donors (Lipinski definition) is 10. The summed E-state index contributed by atoms with van der Waals surface area (Å²) >= 11 is 5.98. The molecule has 6 aromatic heterocycles. The largest absolute Gasteiger partial charge is 0.491 e. The molecular formula is C38H46BBrN16O6S2. The van der Waals surface area contributed by atoms with Crippen LogP contribution in [-0.2, 0) is 9.59 Å². The van der Waals surface area contributed by atoms with E-state index in [4.69, 9.17) is 21.5 Å². The molecular weight excluding hydrogens is 931 g/mol. The molecule has 4 amide bonds. The molecule has 336 valence electrons. The van der Waals surface area contributed by atoms with Crippen LogP contribution in [0, 0.1) is 0 Å². The van der Waals surface area contributed by atoms with Crippen molar-refractivity contribution in [1.29, 1.82) is 0 Å². The van der Waals surface area contributed by atoms with E-state index in [1.165, 1.54) is 35.1 Å². The van der Waals surface area contributed by atoms with Gasteiger partial charge in [0.1, 0.15) is 27.5 Å². The Hall–Kier alpha value is -6.16. The van der Waals surface area contributed by atoms with Crippen LogP contribution in [0.1, 0.15) is 46.7 Å². The summed E-state index contributed by atoms with van der Waals surface area (Å²) < 4.78 is 0.653. The second kappa shape index (κ2) is 21.5. The number of nitrogens with one attached hydrogen (secondary N) is 6. The highest BCUT2D eigenvalue weighted by molar-refractivity contribution is 9.11. The van der Waals surface area contributed by atoms with E-state index in [-0.39, 0.29) is 23.6 Å². The van der Waals surface area contributed by atoms with Crippen molar-refractivity contribution in [3.63, 3.8) is 0 Å². The first-order valence-corrected chi connectivity index (χ1v) is 22.2. The Morgan fingerprint density at radius 1 is 0.750 bits per heavy atom. The predicted molar refractivity (Wildman–Crippen MR) is 247 cm³/mol. The van der Waals surface area contributed by atoms with Gasteiger partial charge in [-0.25, -0.2) is 19.9 Å². The molecule has 2 aliphatic rings. The normalized spacial score (nSPS) is 15.1. The van der Waals surface area contributed by atoms with E-state index in [0.717, 1.165) is 5.56 Å². The van der Waals surface area contributed by atoms with Gasteiger partial charge in [0.2, 0.25) is 11.8 Å². The number of primary amides is 2. The summed E-state index contributed by atoms with van der Waals surface area (Å²) in [7, 11) is 2.09. The molecule has 8 rings (SSSR count). The van der Waals surface area contributed by atoms with Crippen LogP contribution >= 0.6 is 38.6 Å². The van der Waals surface area contributed by atoms with Crippen LogP contribution < -0.4 is 48.0 Å². The third-order valence-corrected chi connectivity index (χ3v) is 13.1. The Kier molecular flexibility index (Phi) is 15.9. The molecule has 8 heterocycles. The Labute approximate surface area is 383 Å². The topological polar surface area (TPSA) is 324 Å². The summed E-state index contributed by atoms with van der Waals surface area (Å²) in [5, 5.41) is 45.4. The number of pyridine rings is 2. The molecule has 26 heteroatoms. The zero-order valence-electron chi connectivity index (χ0n) is 34.6. The zero-order chi connectivity index (χ0) is 45.9. The molecule has 2 saturated heterocycles. The quantitative estimate of drug-likeness (QED) is 0.0762. The van der Waals surface area contributed by atoms with Gasteiger partial charge in [-0.3, -0.25) is 29.4 Å². The molecule has 0 atom stereocenters. The Morgan fingerprint density at radius 3 is 1.62 bits per heavy atom. The van der Waals surface area contributed by atoms with Crippen LogP contribution in [0.4, 0.5) is 23.0 Å². The first-order chi connectivity index (χ1) is 30.8. The van der Waals surface area contributed by atoms with Crippen LogP contribution in [0.2, 0.25) is 0 Å². The minimum absolute atomic E-state index is 0.292. The third kappa shape index (κ3) is 11.3. The number of halogens is 1. The number of nitrogens with two attached hydrogens (primary N) is 2. The van der Waals surface area contributed by atoms with Gasteiger partial charge in [0, 0.05) is 78.9 Å². The number of thiazole rings is 2. The highest BCUT2D eigenvalue weighted by Crippen LogP contribution is 2.32. The SMILES string of the molecule is CNC1(C(N)=O)CCN(c2ncccc2NC(=O)c2csc(-c3cn[nH]c3)n2)CC1.CNC1(C(N)=O)CCN(c2ncccc2NC(=O)c2csc(Br)n2)CC1.OB(O)c1cn[nH]c1. The van der Waals surface area contributed by atoms with E-state index in [2.05, 4.69) is 77.5 Å². The highest BCUT2D eigenvalue weighted by atomic mass is 79.9. The number of carbonyl (C=O) groups excluding carboxylic acids is 4. The lowest BCUT2D eigenvalue weighted by molar-refractivity contribution is -0.125. The lowest BCUT2D eigenvalue weighted by atomic mass is 9.83. The number of H-pyrrole nitrogens is 2. The number of nitrogens with zero attached hydrogens (tertiary/aromatic N) is 8. The molecule has 0 aliphatic carbocycles.